The summed E-state index contributed by atoms with van der Waals surface area (Å²) in [5, 5.41) is 4.03. The number of nitrogens with zero attached hydrogens (tertiary/aromatic N) is 7. The smallest absolute Gasteiger partial charge is 0.238 e. The van der Waals surface area contributed by atoms with E-state index in [0.717, 1.165) is 71.5 Å². The van der Waals surface area contributed by atoms with Crippen molar-refractivity contribution in [3.63, 3.8) is 0 Å². The van der Waals surface area contributed by atoms with Gasteiger partial charge < -0.3 is 4.42 Å². The van der Waals surface area contributed by atoms with Gasteiger partial charge in [-0.15, -0.1) is 0 Å². The summed E-state index contributed by atoms with van der Waals surface area (Å²) in [5.74, 6) is 3.27. The molecule has 0 saturated heterocycles. The van der Waals surface area contributed by atoms with Crippen molar-refractivity contribution in [1.82, 2.24) is 34.5 Å². The highest BCUT2D eigenvalue weighted by Crippen LogP contribution is 2.41. The summed E-state index contributed by atoms with van der Waals surface area (Å²) in [6.45, 7) is 0. The van der Waals surface area contributed by atoms with Gasteiger partial charge in [0.2, 0.25) is 5.95 Å². The second kappa shape index (κ2) is 14.6. The number of hydrogen-bond donors (Lipinski definition) is 0. The molecule has 12 aromatic rings. The van der Waals surface area contributed by atoms with E-state index >= 15 is 0 Å². The van der Waals surface area contributed by atoms with Gasteiger partial charge in [-0.1, -0.05) is 176 Å². The van der Waals surface area contributed by atoms with Gasteiger partial charge in [0.05, 0.1) is 16.6 Å². The number of benzene rings is 8. The van der Waals surface area contributed by atoms with Gasteiger partial charge in [0.1, 0.15) is 11.2 Å². The standard InChI is InChI=1S/C54H33N7O/c1-4-16-34(17-5-1)35-30-32-38(33-31-35)50-55-49(36-18-6-2-7-19-36)56-52(57-50)42-25-15-29-46-47(42)41-24-14-26-43(48(41)62-46)53-58-51(37-20-8-3-9-21-37)59-54(60-53)61-44-27-12-10-22-39(44)40-23-11-13-28-45(40)61/h1-33H. The van der Waals surface area contributed by atoms with E-state index in [1.54, 1.807) is 0 Å². The molecule has 0 bridgehead atoms. The van der Waals surface area contributed by atoms with Crippen LogP contribution in [0.3, 0.4) is 0 Å². The van der Waals surface area contributed by atoms with Crippen molar-refractivity contribution < 1.29 is 4.42 Å². The highest BCUT2D eigenvalue weighted by Gasteiger charge is 2.23. The molecule has 8 nitrogen and oxygen atoms in total. The molecule has 4 aromatic heterocycles. The Balaban J connectivity index is 1.05. The Morgan fingerprint density at radius 3 is 1.35 bits per heavy atom. The third-order valence-electron chi connectivity index (χ3n) is 11.4. The van der Waals surface area contributed by atoms with Crippen LogP contribution in [0, 0.1) is 0 Å². The fourth-order valence-corrected chi connectivity index (χ4v) is 8.43. The molecule has 0 unspecified atom stereocenters. The van der Waals surface area contributed by atoms with E-state index in [9.17, 15) is 0 Å². The Kier molecular flexibility index (Phi) is 8.31. The second-order valence-electron chi connectivity index (χ2n) is 15.1. The first-order chi connectivity index (χ1) is 30.7. The summed E-state index contributed by atoms with van der Waals surface area (Å²) in [5.41, 5.74) is 9.87. The van der Waals surface area contributed by atoms with Crippen molar-refractivity contribution >= 4 is 43.7 Å². The van der Waals surface area contributed by atoms with Crippen LogP contribution in [-0.2, 0) is 0 Å². The van der Waals surface area contributed by atoms with Crippen molar-refractivity contribution in [2.24, 2.45) is 0 Å². The fourth-order valence-electron chi connectivity index (χ4n) is 8.43. The van der Waals surface area contributed by atoms with Crippen molar-refractivity contribution in [2.45, 2.75) is 0 Å². The van der Waals surface area contributed by atoms with Gasteiger partial charge in [0, 0.05) is 43.8 Å². The largest absolute Gasteiger partial charge is 0.455 e. The van der Waals surface area contributed by atoms with E-state index in [1.807, 2.05) is 121 Å². The number of para-hydroxylation sites is 3. The van der Waals surface area contributed by atoms with E-state index in [-0.39, 0.29) is 0 Å². The minimum absolute atomic E-state index is 0.495. The Hall–Kier alpha value is -8.62. The van der Waals surface area contributed by atoms with Gasteiger partial charge in [-0.3, -0.25) is 4.57 Å². The lowest BCUT2D eigenvalue weighted by atomic mass is 10.0. The molecular formula is C54H33N7O. The summed E-state index contributed by atoms with van der Waals surface area (Å²) >= 11 is 0. The normalized spacial score (nSPS) is 11.5. The molecule has 0 aliphatic carbocycles. The number of rotatable bonds is 7. The first kappa shape index (κ1) is 35.3. The number of furan rings is 1. The van der Waals surface area contributed by atoms with Crippen LogP contribution in [-0.4, -0.2) is 34.5 Å². The van der Waals surface area contributed by atoms with E-state index in [2.05, 4.69) is 83.4 Å². The van der Waals surface area contributed by atoms with Crippen LogP contribution in [0.25, 0.3) is 118 Å². The van der Waals surface area contributed by atoms with Crippen LogP contribution >= 0.6 is 0 Å². The average molecular weight is 796 g/mol. The molecule has 0 spiro atoms. The SMILES string of the molecule is c1ccc(-c2ccc(-c3nc(-c4ccccc4)nc(-c4cccc5oc6c(-c7nc(-c8ccccc8)nc(-n8c9ccccc9c9ccccc98)n7)cccc6c45)n3)cc2)cc1. The minimum Gasteiger partial charge on any atom is -0.455 e. The minimum atomic E-state index is 0.495. The van der Waals surface area contributed by atoms with E-state index in [1.165, 1.54) is 0 Å². The first-order valence-corrected chi connectivity index (χ1v) is 20.5. The van der Waals surface area contributed by atoms with Gasteiger partial charge in [0.15, 0.2) is 29.1 Å². The molecule has 8 heteroatoms. The zero-order chi connectivity index (χ0) is 41.0. The second-order valence-corrected chi connectivity index (χ2v) is 15.1. The third kappa shape index (κ3) is 6.00. The van der Waals surface area contributed by atoms with Crippen molar-refractivity contribution in [3.8, 4) is 74.0 Å². The zero-order valence-corrected chi connectivity index (χ0v) is 33.1. The van der Waals surface area contributed by atoms with Gasteiger partial charge in [0.25, 0.3) is 0 Å². The van der Waals surface area contributed by atoms with Crippen LogP contribution in [0.4, 0.5) is 0 Å². The quantitative estimate of drug-likeness (QED) is 0.158. The van der Waals surface area contributed by atoms with Gasteiger partial charge >= 0.3 is 0 Å². The maximum atomic E-state index is 6.82. The Bertz CT molecular complexity index is 3570. The lowest BCUT2D eigenvalue weighted by Crippen LogP contribution is -2.06. The zero-order valence-electron chi connectivity index (χ0n) is 33.1. The van der Waals surface area contributed by atoms with Gasteiger partial charge in [-0.25, -0.2) is 19.9 Å². The molecule has 0 saturated carbocycles. The van der Waals surface area contributed by atoms with Gasteiger partial charge in [-0.05, 0) is 35.4 Å². The highest BCUT2D eigenvalue weighted by atomic mass is 16.3. The summed E-state index contributed by atoms with van der Waals surface area (Å²) in [6.07, 6.45) is 0. The summed E-state index contributed by atoms with van der Waals surface area (Å²) in [4.78, 5) is 30.8. The maximum Gasteiger partial charge on any atom is 0.238 e. The average Bonchev–Trinajstić information content (AvgIpc) is 3.91. The van der Waals surface area contributed by atoms with Crippen LogP contribution in [0.15, 0.2) is 205 Å². The number of fused-ring (bicyclic) bond motifs is 6. The molecule has 0 radical (unpaired) electrons. The molecule has 0 N–H and O–H groups in total. The molecule has 0 aliphatic rings. The summed E-state index contributed by atoms with van der Waals surface area (Å²) < 4.78 is 8.95. The summed E-state index contributed by atoms with van der Waals surface area (Å²) in [7, 11) is 0. The monoisotopic (exact) mass is 795 g/mol. The molecule has 290 valence electrons. The summed E-state index contributed by atoms with van der Waals surface area (Å²) in [6, 6.07) is 67.6. The molecule has 4 heterocycles. The van der Waals surface area contributed by atoms with Crippen LogP contribution < -0.4 is 0 Å². The van der Waals surface area contributed by atoms with Crippen molar-refractivity contribution in [2.75, 3.05) is 0 Å². The molecule has 0 aliphatic heterocycles. The van der Waals surface area contributed by atoms with Gasteiger partial charge in [-0.2, -0.15) is 9.97 Å². The number of hydrogen-bond acceptors (Lipinski definition) is 7. The molecule has 0 atom stereocenters. The topological polar surface area (TPSA) is 95.4 Å². The molecule has 0 amide bonds. The van der Waals surface area contributed by atoms with Crippen molar-refractivity contribution in [1.29, 1.82) is 0 Å². The lowest BCUT2D eigenvalue weighted by Gasteiger charge is -2.11. The molecular weight excluding hydrogens is 763 g/mol. The first-order valence-electron chi connectivity index (χ1n) is 20.5. The third-order valence-corrected chi connectivity index (χ3v) is 11.4. The Morgan fingerprint density at radius 2 is 0.726 bits per heavy atom. The van der Waals surface area contributed by atoms with Crippen molar-refractivity contribution in [3.05, 3.63) is 200 Å². The van der Waals surface area contributed by atoms with Crippen LogP contribution in [0.1, 0.15) is 0 Å². The Labute approximate surface area is 355 Å². The molecule has 0 fully saturated rings. The van der Waals surface area contributed by atoms with E-state index in [4.69, 9.17) is 34.3 Å². The van der Waals surface area contributed by atoms with Crippen LogP contribution in [0.2, 0.25) is 0 Å². The van der Waals surface area contributed by atoms with Crippen LogP contribution in [0.5, 0.6) is 0 Å². The highest BCUT2D eigenvalue weighted by molar-refractivity contribution is 6.15. The Morgan fingerprint density at radius 1 is 0.306 bits per heavy atom. The number of aromatic nitrogens is 7. The predicted molar refractivity (Wildman–Crippen MR) is 247 cm³/mol. The molecule has 12 rings (SSSR count). The van der Waals surface area contributed by atoms with E-state index < -0.39 is 0 Å². The maximum absolute atomic E-state index is 6.82. The fraction of sp³-hybridized carbons (Fsp3) is 0. The lowest BCUT2D eigenvalue weighted by molar-refractivity contribution is 0.669. The molecule has 62 heavy (non-hydrogen) atoms. The molecule has 8 aromatic carbocycles. The predicted octanol–water partition coefficient (Wildman–Crippen LogP) is 13.1. The van der Waals surface area contributed by atoms with E-state index in [0.29, 0.717) is 46.2 Å².